The predicted octanol–water partition coefficient (Wildman–Crippen LogP) is 17.2. The molecule has 0 bridgehead atoms. The fourth-order valence-corrected chi connectivity index (χ4v) is 9.57. The summed E-state index contributed by atoms with van der Waals surface area (Å²) in [5, 5.41) is 7.55. The first-order chi connectivity index (χ1) is 31.7. The second-order valence-corrected chi connectivity index (χ2v) is 16.6. The van der Waals surface area contributed by atoms with Crippen molar-refractivity contribution >= 4 is 60.4 Å². The van der Waals surface area contributed by atoms with E-state index in [1.54, 1.807) is 0 Å². The Labute approximate surface area is 373 Å². The third-order valence-electron chi connectivity index (χ3n) is 12.8. The minimum absolute atomic E-state index is 1.09. The standard InChI is InChI=1S/C62H42N2/c1-2-13-49-42-52(28-25-43(49)11-1)51-16-9-15-50(41-51)46-31-35-54(36-32-46)63(55-37-39-56(40-38-55)64-61-21-7-5-18-59(61)60-19-6-8-22-62(60)64)53-33-29-45(30-34-53)44-23-26-48(27-24-44)58-20-10-14-47-12-3-4-17-57(47)58/h1-42H. The molecule has 12 rings (SSSR count). The van der Waals surface area contributed by atoms with Crippen LogP contribution in [0, 0.1) is 0 Å². The van der Waals surface area contributed by atoms with Gasteiger partial charge >= 0.3 is 0 Å². The molecule has 300 valence electrons. The van der Waals surface area contributed by atoms with Crippen LogP contribution in [-0.4, -0.2) is 4.57 Å². The number of aromatic nitrogens is 1. The predicted molar refractivity (Wildman–Crippen MR) is 272 cm³/mol. The van der Waals surface area contributed by atoms with Crippen molar-refractivity contribution in [2.45, 2.75) is 0 Å². The van der Waals surface area contributed by atoms with Crippen molar-refractivity contribution < 1.29 is 0 Å². The molecule has 0 atom stereocenters. The first kappa shape index (κ1) is 37.3. The Morgan fingerprint density at radius 3 is 1.31 bits per heavy atom. The second kappa shape index (κ2) is 15.8. The average molecular weight is 815 g/mol. The lowest BCUT2D eigenvalue weighted by molar-refractivity contribution is 1.17. The molecule has 0 aliphatic rings. The monoisotopic (exact) mass is 814 g/mol. The quantitative estimate of drug-likeness (QED) is 0.148. The van der Waals surface area contributed by atoms with Gasteiger partial charge in [0.05, 0.1) is 11.0 Å². The molecule has 0 radical (unpaired) electrons. The number of para-hydroxylation sites is 2. The summed E-state index contributed by atoms with van der Waals surface area (Å²) in [7, 11) is 0. The van der Waals surface area contributed by atoms with Crippen molar-refractivity contribution in [3.63, 3.8) is 0 Å². The zero-order valence-electron chi connectivity index (χ0n) is 35.1. The Kier molecular flexibility index (Phi) is 9.20. The van der Waals surface area contributed by atoms with Crippen molar-refractivity contribution in [2.24, 2.45) is 0 Å². The van der Waals surface area contributed by atoms with E-state index in [4.69, 9.17) is 0 Å². The Morgan fingerprint density at radius 1 is 0.250 bits per heavy atom. The average Bonchev–Trinajstić information content (AvgIpc) is 3.71. The van der Waals surface area contributed by atoms with E-state index >= 15 is 0 Å². The summed E-state index contributed by atoms with van der Waals surface area (Å²) in [6.45, 7) is 0. The molecule has 1 heterocycles. The molecule has 12 aromatic rings. The van der Waals surface area contributed by atoms with E-state index in [9.17, 15) is 0 Å². The Balaban J connectivity index is 0.898. The molecule has 0 N–H and O–H groups in total. The van der Waals surface area contributed by atoms with Crippen LogP contribution in [0.2, 0.25) is 0 Å². The number of hydrogen-bond donors (Lipinski definition) is 0. The highest BCUT2D eigenvalue weighted by atomic mass is 15.1. The number of benzene rings is 11. The van der Waals surface area contributed by atoms with Crippen LogP contribution >= 0.6 is 0 Å². The lowest BCUT2D eigenvalue weighted by atomic mass is 9.96. The number of anilines is 3. The first-order valence-corrected chi connectivity index (χ1v) is 22.0. The van der Waals surface area contributed by atoms with Crippen molar-refractivity contribution in [2.75, 3.05) is 4.90 Å². The van der Waals surface area contributed by atoms with E-state index in [0.717, 1.165) is 22.7 Å². The van der Waals surface area contributed by atoms with E-state index in [1.807, 2.05) is 0 Å². The van der Waals surface area contributed by atoms with Crippen LogP contribution in [0.5, 0.6) is 0 Å². The van der Waals surface area contributed by atoms with Crippen LogP contribution in [0.4, 0.5) is 17.1 Å². The van der Waals surface area contributed by atoms with Gasteiger partial charge in [0, 0.05) is 33.5 Å². The highest BCUT2D eigenvalue weighted by molar-refractivity contribution is 6.09. The molecule has 0 saturated heterocycles. The van der Waals surface area contributed by atoms with E-state index in [1.165, 1.54) is 87.9 Å². The first-order valence-electron chi connectivity index (χ1n) is 22.0. The summed E-state index contributed by atoms with van der Waals surface area (Å²) in [6.07, 6.45) is 0. The summed E-state index contributed by atoms with van der Waals surface area (Å²) in [5.41, 5.74) is 16.4. The maximum Gasteiger partial charge on any atom is 0.0541 e. The number of fused-ring (bicyclic) bond motifs is 5. The second-order valence-electron chi connectivity index (χ2n) is 16.6. The maximum absolute atomic E-state index is 2.37. The Morgan fingerprint density at radius 2 is 0.672 bits per heavy atom. The lowest BCUT2D eigenvalue weighted by Crippen LogP contribution is -2.10. The molecule has 2 nitrogen and oxygen atoms in total. The fourth-order valence-electron chi connectivity index (χ4n) is 9.57. The van der Waals surface area contributed by atoms with Crippen LogP contribution < -0.4 is 4.90 Å². The topological polar surface area (TPSA) is 8.17 Å². The van der Waals surface area contributed by atoms with Crippen molar-refractivity contribution in [1.82, 2.24) is 4.57 Å². The molecule has 2 heteroatoms. The summed E-state index contributed by atoms with van der Waals surface area (Å²) < 4.78 is 2.37. The van der Waals surface area contributed by atoms with Crippen LogP contribution in [0.15, 0.2) is 255 Å². The van der Waals surface area contributed by atoms with Gasteiger partial charge in [0.15, 0.2) is 0 Å². The zero-order valence-corrected chi connectivity index (χ0v) is 35.1. The van der Waals surface area contributed by atoms with Gasteiger partial charge in [-0.05, 0) is 139 Å². The highest BCUT2D eigenvalue weighted by Gasteiger charge is 2.16. The summed E-state index contributed by atoms with van der Waals surface area (Å²) in [5.74, 6) is 0. The summed E-state index contributed by atoms with van der Waals surface area (Å²) in [6, 6.07) is 92.6. The Hall–Kier alpha value is -8.46. The molecule has 0 saturated carbocycles. The minimum atomic E-state index is 1.09. The van der Waals surface area contributed by atoms with Gasteiger partial charge in [-0.25, -0.2) is 0 Å². The summed E-state index contributed by atoms with van der Waals surface area (Å²) in [4.78, 5) is 2.36. The van der Waals surface area contributed by atoms with Crippen LogP contribution in [0.25, 0.3) is 93.5 Å². The SMILES string of the molecule is c1cc(-c2ccc(N(c3ccc(-c4ccc(-c5cccc6ccccc56)cc4)cc3)c3ccc(-n4c5ccccc5c5ccccc54)cc3)cc2)cc(-c2ccc3ccccc3c2)c1. The minimum Gasteiger partial charge on any atom is -0.311 e. The summed E-state index contributed by atoms with van der Waals surface area (Å²) >= 11 is 0. The molecule has 0 amide bonds. The van der Waals surface area contributed by atoms with Gasteiger partial charge in [-0.2, -0.15) is 0 Å². The van der Waals surface area contributed by atoms with Crippen LogP contribution in [0.3, 0.4) is 0 Å². The number of nitrogens with zero attached hydrogens (tertiary/aromatic N) is 2. The third kappa shape index (κ3) is 6.70. The molecular weight excluding hydrogens is 773 g/mol. The van der Waals surface area contributed by atoms with Crippen molar-refractivity contribution in [1.29, 1.82) is 0 Å². The van der Waals surface area contributed by atoms with E-state index in [2.05, 4.69) is 264 Å². The van der Waals surface area contributed by atoms with Gasteiger partial charge in [-0.15, -0.1) is 0 Å². The normalized spacial score (nSPS) is 11.4. The van der Waals surface area contributed by atoms with Gasteiger partial charge in [-0.1, -0.05) is 182 Å². The van der Waals surface area contributed by atoms with E-state index in [-0.39, 0.29) is 0 Å². The smallest absolute Gasteiger partial charge is 0.0541 e. The van der Waals surface area contributed by atoms with E-state index < -0.39 is 0 Å². The van der Waals surface area contributed by atoms with Crippen molar-refractivity contribution in [3.8, 4) is 50.2 Å². The molecule has 1 aromatic heterocycles. The Bertz CT molecular complexity index is 3580. The third-order valence-corrected chi connectivity index (χ3v) is 12.8. The molecule has 0 unspecified atom stereocenters. The van der Waals surface area contributed by atoms with E-state index in [0.29, 0.717) is 0 Å². The molecule has 0 spiro atoms. The largest absolute Gasteiger partial charge is 0.311 e. The molecule has 0 aliphatic carbocycles. The number of rotatable bonds is 8. The number of hydrogen-bond acceptors (Lipinski definition) is 1. The fraction of sp³-hybridized carbons (Fsp3) is 0. The van der Waals surface area contributed by atoms with Gasteiger partial charge in [0.2, 0.25) is 0 Å². The highest BCUT2D eigenvalue weighted by Crippen LogP contribution is 2.40. The maximum atomic E-state index is 2.37. The van der Waals surface area contributed by atoms with Gasteiger partial charge < -0.3 is 9.47 Å². The van der Waals surface area contributed by atoms with Gasteiger partial charge in [-0.3, -0.25) is 0 Å². The zero-order chi connectivity index (χ0) is 42.4. The van der Waals surface area contributed by atoms with Gasteiger partial charge in [0.25, 0.3) is 0 Å². The van der Waals surface area contributed by atoms with Crippen LogP contribution in [-0.2, 0) is 0 Å². The van der Waals surface area contributed by atoms with Gasteiger partial charge in [0.1, 0.15) is 0 Å². The molecule has 0 fully saturated rings. The molecular formula is C62H42N2. The molecule has 64 heavy (non-hydrogen) atoms. The lowest BCUT2D eigenvalue weighted by Gasteiger charge is -2.26. The molecule has 11 aromatic carbocycles. The molecule has 0 aliphatic heterocycles. The van der Waals surface area contributed by atoms with Crippen LogP contribution in [0.1, 0.15) is 0 Å². The van der Waals surface area contributed by atoms with Crippen molar-refractivity contribution in [3.05, 3.63) is 255 Å².